The molecule has 0 bridgehead atoms. The molecule has 36 heteroatoms. The summed E-state index contributed by atoms with van der Waals surface area (Å²) in [6.45, 7) is 13.5. The van der Waals surface area contributed by atoms with Crippen LogP contribution < -0.4 is 43.4 Å². The Bertz CT molecular complexity index is 3480. The van der Waals surface area contributed by atoms with Crippen LogP contribution in [0.15, 0.2) is 0 Å². The van der Waals surface area contributed by atoms with Crippen LogP contribution in [0.4, 0.5) is 0 Å². The zero-order valence-electron chi connectivity index (χ0n) is 84.1. The van der Waals surface area contributed by atoms with Gasteiger partial charge in [-0.15, -0.1) is 5.06 Å². The van der Waals surface area contributed by atoms with E-state index in [0.717, 1.165) is 64.2 Å². The maximum absolute atomic E-state index is 13.1. The molecule has 36 nitrogen and oxygen atoms in total. The van der Waals surface area contributed by atoms with E-state index >= 15 is 0 Å². The topological polar surface area (TPSA) is 540 Å². The summed E-state index contributed by atoms with van der Waals surface area (Å²) >= 11 is 0. The lowest BCUT2D eigenvalue weighted by Crippen LogP contribution is -2.44. The molecule has 0 spiro atoms. The van der Waals surface area contributed by atoms with Crippen molar-refractivity contribution in [2.24, 2.45) is 23.3 Å². The summed E-state index contributed by atoms with van der Waals surface area (Å²) in [6, 6.07) is -2.20. The average molecular weight is 1950 g/mol. The van der Waals surface area contributed by atoms with Gasteiger partial charge in [-0.25, -0.2) is 9.59 Å². The van der Waals surface area contributed by atoms with Crippen molar-refractivity contribution in [2.45, 2.75) is 430 Å². The van der Waals surface area contributed by atoms with Gasteiger partial charge in [-0.1, -0.05) is 161 Å². The van der Waals surface area contributed by atoms with Crippen molar-refractivity contribution in [3.05, 3.63) is 0 Å². The van der Waals surface area contributed by atoms with Crippen molar-refractivity contribution in [2.75, 3.05) is 92.2 Å². The number of nitrogens with one attached hydrogen (secondary N) is 6. The van der Waals surface area contributed by atoms with E-state index in [1.165, 1.54) is 116 Å². The number of ketones is 7. The standard InChI is InChI=1S/C48H83N5O13.C42H74N2O11.C11H18N2O3/c49-34-43(57)37-22-24-39(55)26-29-44(58)52-36-51-40(42(56)28-23-37)19-15-16-30-50-46(60)35-66-33-32-65-31-17-18-38(54)25-27-41(48(63)64)53-45(59)20-13-11-9-7-5-3-1-2-4-6-8-10-12-14-21-47(61)62;1-41(2,3)53-38(48)24-20-18-16-14-12-10-8-7-9-11-13-15-17-19-21-29-43-35(40(50)54-42(4,5)6)26-25-34(45)23-22-30-51-31-32-52-33-39(49)55-44-36(46)27-28-37(44)47;12-7-10(15)8-1-2-9(14)3-4-11(16)13-6-5-8/h37,40-41,51H,1-36,49H2,(H,50,60)(H,52,58)(H,53,59)(H,61,62)(H,63,64);35,43H,7-33H2,1-6H3;8H,1-7,12H2,(H,13,16)/t37-,40+,41+;35-;8-/m101/s1. The van der Waals surface area contributed by atoms with Crippen LogP contribution in [0, 0.1) is 11.8 Å². The van der Waals surface area contributed by atoms with Gasteiger partial charge < -0.3 is 81.5 Å². The number of amides is 6. The van der Waals surface area contributed by atoms with Gasteiger partial charge in [0.05, 0.1) is 52.2 Å². The molecule has 0 unspecified atom stereocenters. The smallest absolute Gasteiger partial charge is 0.358 e. The van der Waals surface area contributed by atoms with Gasteiger partial charge in [-0.05, 0) is 144 Å². The minimum atomic E-state index is -1.17. The number of carboxylic acids is 2. The van der Waals surface area contributed by atoms with Crippen molar-refractivity contribution in [3.8, 4) is 0 Å². The van der Waals surface area contributed by atoms with E-state index in [1.807, 2.05) is 41.5 Å². The molecule has 12 N–H and O–H groups in total. The summed E-state index contributed by atoms with van der Waals surface area (Å²) in [5, 5.41) is 35.8. The molecule has 0 aromatic heterocycles. The van der Waals surface area contributed by atoms with Crippen LogP contribution in [-0.4, -0.2) is 243 Å². The number of carbonyl (C=O) groups excluding carboxylic acids is 16. The third-order valence-electron chi connectivity index (χ3n) is 23.5. The van der Waals surface area contributed by atoms with Gasteiger partial charge in [-0.2, -0.15) is 0 Å². The number of hydroxylamine groups is 2. The molecule has 0 saturated carbocycles. The van der Waals surface area contributed by atoms with Crippen LogP contribution in [0.3, 0.4) is 0 Å². The summed E-state index contributed by atoms with van der Waals surface area (Å²) in [7, 11) is 0. The number of carbonyl (C=O) groups is 18. The van der Waals surface area contributed by atoms with Gasteiger partial charge >= 0.3 is 29.8 Å². The molecule has 3 heterocycles. The van der Waals surface area contributed by atoms with E-state index in [4.69, 9.17) is 49.8 Å². The second-order valence-electron chi connectivity index (χ2n) is 38.1. The molecule has 0 aromatic carbocycles. The Morgan fingerprint density at radius 3 is 1.31 bits per heavy atom. The van der Waals surface area contributed by atoms with Gasteiger partial charge in [0.25, 0.3) is 11.8 Å². The SMILES string of the molecule is CC(C)(C)OC(=O)CCCCCCCCCCCCCCCCCN[C@@H](CCC(=O)CCCOCCOCC(=O)ON1C(=O)CCC1=O)C(=O)OC(C)(C)C.NCC(=O)[C@@H]1CCC(=O)CCC(=O)NCN[C@@H](CCCCNC(=O)COCCOCCCC(=O)CC[C@H](NC(=O)CCCCCCCCCCCCCCCCC(=O)O)C(=O)O)C(=O)CC1.NCC(=O)[C@H]1CCNC(=O)CCC(=O)CC1. The summed E-state index contributed by atoms with van der Waals surface area (Å²) in [5.41, 5.74) is 9.86. The maximum Gasteiger partial charge on any atom is 0.358 e. The summed E-state index contributed by atoms with van der Waals surface area (Å²) in [6.07, 6.45) is 41.0. The first kappa shape index (κ1) is 127. The van der Waals surface area contributed by atoms with Crippen LogP contribution in [0.2, 0.25) is 0 Å². The molecule has 6 amide bonds. The number of rotatable bonds is 73. The van der Waals surface area contributed by atoms with Crippen LogP contribution in [0.5, 0.6) is 0 Å². The first-order valence-corrected chi connectivity index (χ1v) is 51.4. The lowest BCUT2D eigenvalue weighted by Gasteiger charge is -2.24. The molecule has 786 valence electrons. The minimum absolute atomic E-state index is 0.00675. The molecule has 3 aliphatic rings. The van der Waals surface area contributed by atoms with Crippen LogP contribution in [0.25, 0.3) is 0 Å². The van der Waals surface area contributed by atoms with Crippen molar-refractivity contribution < 1.29 is 130 Å². The fourth-order valence-electron chi connectivity index (χ4n) is 15.5. The second-order valence-corrected chi connectivity index (χ2v) is 38.1. The summed E-state index contributed by atoms with van der Waals surface area (Å²) < 4.78 is 32.5. The van der Waals surface area contributed by atoms with Crippen molar-refractivity contribution in [1.82, 2.24) is 37.0 Å². The molecule has 3 fully saturated rings. The number of nitrogens with two attached hydrogens (primary N) is 2. The van der Waals surface area contributed by atoms with Crippen molar-refractivity contribution in [3.63, 3.8) is 0 Å². The molecular weight excluding hydrogens is 1770 g/mol. The van der Waals surface area contributed by atoms with E-state index in [0.29, 0.717) is 128 Å². The van der Waals surface area contributed by atoms with E-state index in [-0.39, 0.29) is 225 Å². The number of esters is 2. The number of ether oxygens (including phenoxy) is 6. The lowest BCUT2D eigenvalue weighted by molar-refractivity contribution is -0.200. The molecule has 137 heavy (non-hydrogen) atoms. The third kappa shape index (κ3) is 75.3. The van der Waals surface area contributed by atoms with E-state index in [1.54, 1.807) is 0 Å². The van der Waals surface area contributed by atoms with Crippen molar-refractivity contribution in [1.29, 1.82) is 0 Å². The number of hydrogen-bond donors (Lipinski definition) is 10. The van der Waals surface area contributed by atoms with Crippen molar-refractivity contribution >= 4 is 106 Å². The highest BCUT2D eigenvalue weighted by atomic mass is 16.7. The van der Waals surface area contributed by atoms with E-state index in [2.05, 4.69) is 31.9 Å². The van der Waals surface area contributed by atoms with Crippen LogP contribution >= 0.6 is 0 Å². The number of aliphatic carboxylic acids is 2. The molecule has 3 saturated heterocycles. The predicted octanol–water partition coefficient (Wildman–Crippen LogP) is 12.4. The normalized spacial score (nSPS) is 16.5. The highest BCUT2D eigenvalue weighted by molar-refractivity contribution is 6.01. The fraction of sp³-hybridized carbons (Fsp3) is 0.822. The Hall–Kier alpha value is -8.26. The van der Waals surface area contributed by atoms with Gasteiger partial charge in [0.2, 0.25) is 23.6 Å². The quantitative estimate of drug-likeness (QED) is 0.0154. The zero-order valence-corrected chi connectivity index (χ0v) is 84.1. The Labute approximate surface area is 814 Å². The van der Waals surface area contributed by atoms with E-state index < -0.39 is 71.6 Å². The molecule has 0 aromatic rings. The zero-order chi connectivity index (χ0) is 102. The third-order valence-corrected chi connectivity index (χ3v) is 23.5. The number of imide groups is 1. The highest BCUT2D eigenvalue weighted by Gasteiger charge is 2.34. The molecule has 3 aliphatic heterocycles. The Kier molecular flexibility index (Phi) is 75.3. The monoisotopic (exact) mass is 1950 g/mol. The van der Waals surface area contributed by atoms with Gasteiger partial charge in [0.15, 0.2) is 0 Å². The van der Waals surface area contributed by atoms with Gasteiger partial charge in [0.1, 0.15) is 77.0 Å². The fourth-order valence-corrected chi connectivity index (χ4v) is 15.5. The number of hydrogen-bond acceptors (Lipinski definition) is 29. The Balaban J connectivity index is 0.00000119. The highest BCUT2D eigenvalue weighted by Crippen LogP contribution is 2.23. The average Bonchev–Trinajstić information content (AvgIpc) is 1.70. The Morgan fingerprint density at radius 2 is 0.832 bits per heavy atom. The van der Waals surface area contributed by atoms with E-state index in [9.17, 15) is 91.4 Å². The summed E-state index contributed by atoms with van der Waals surface area (Å²) in [5.74, 6) is -6.39. The second kappa shape index (κ2) is 81.4. The predicted molar refractivity (Wildman–Crippen MR) is 517 cm³/mol. The number of carboxylic acid groups (broad SMARTS) is 2. The first-order valence-electron chi connectivity index (χ1n) is 51.4. The molecule has 0 radical (unpaired) electrons. The van der Waals surface area contributed by atoms with Crippen LogP contribution in [0.1, 0.15) is 401 Å². The molecule has 3 rings (SSSR count). The molecule has 0 aliphatic carbocycles. The lowest BCUT2D eigenvalue weighted by atomic mass is 9.89. The summed E-state index contributed by atoms with van der Waals surface area (Å²) in [4.78, 5) is 220. The Morgan fingerprint density at radius 1 is 0.409 bits per heavy atom. The maximum atomic E-state index is 13.1. The molecular formula is C101H175N9O27. The van der Waals surface area contributed by atoms with Gasteiger partial charge in [0, 0.05) is 141 Å². The molecule has 5 atom stereocenters. The largest absolute Gasteiger partial charge is 0.481 e. The number of nitrogens with zero attached hydrogens (tertiary/aromatic N) is 1. The number of Topliss-reactive ketones (excluding diaryl/α,β-unsaturated/α-hetero) is 7. The minimum Gasteiger partial charge on any atom is -0.481 e. The first-order chi connectivity index (χ1) is 65.5. The van der Waals surface area contributed by atoms with Crippen LogP contribution in [-0.2, 0) is 120 Å². The van der Waals surface area contributed by atoms with Gasteiger partial charge in [-0.3, -0.25) is 82.0 Å². The number of unbranched alkanes of at least 4 members (excludes halogenated alkanes) is 28.